The van der Waals surface area contributed by atoms with E-state index in [9.17, 15) is 4.39 Å². The molecule has 0 aliphatic rings. The zero-order chi connectivity index (χ0) is 23.5. The predicted molar refractivity (Wildman–Crippen MR) is 132 cm³/mol. The minimum absolute atomic E-state index is 0.228. The number of nitrogens with one attached hydrogen (secondary N) is 3. The highest BCUT2D eigenvalue weighted by Crippen LogP contribution is 2.25. The fraction of sp³-hybridized carbons (Fsp3) is 0.292. The van der Waals surface area contributed by atoms with Crippen molar-refractivity contribution in [3.8, 4) is 0 Å². The number of aromatic amines is 1. The Morgan fingerprint density at radius 1 is 1.15 bits per heavy atom. The first-order chi connectivity index (χ1) is 16.5. The van der Waals surface area contributed by atoms with Gasteiger partial charge in [-0.3, -0.25) is 4.98 Å². The molecule has 8 nitrogen and oxygen atoms in total. The minimum atomic E-state index is -0.350. The number of H-pyrrole nitrogens is 1. The molecule has 5 aromatic rings. The summed E-state index contributed by atoms with van der Waals surface area (Å²) >= 11 is 1.55. The molecule has 0 saturated carbocycles. The number of aromatic nitrogens is 6. The van der Waals surface area contributed by atoms with Gasteiger partial charge in [-0.25, -0.2) is 24.3 Å². The van der Waals surface area contributed by atoms with E-state index in [2.05, 4.69) is 67.6 Å². The van der Waals surface area contributed by atoms with Gasteiger partial charge in [-0.2, -0.15) is 0 Å². The van der Waals surface area contributed by atoms with Gasteiger partial charge < -0.3 is 15.6 Å². The molecule has 0 saturated heterocycles. The number of aryl methyl sites for hydroxylation is 1. The number of benzene rings is 1. The summed E-state index contributed by atoms with van der Waals surface area (Å²) in [5.41, 5.74) is 4.33. The standard InChI is InChI=1S/C24H25FN8S/c1-14-5-6-17-18(10-14)32-20(31-17)11-15(2)26-9-7-21-33-22-23(29-13-30-24(22)34-21)28-12-19-16(25)4-3-8-27-19/h3-6,8,10,13,15,26H,7,9,11-12H2,1-2H3,(H,31,32)(H,28,29,30). The van der Waals surface area contributed by atoms with Crippen molar-refractivity contribution in [2.45, 2.75) is 39.3 Å². The maximum atomic E-state index is 13.9. The fourth-order valence-corrected chi connectivity index (χ4v) is 4.71. The molecule has 0 amide bonds. The summed E-state index contributed by atoms with van der Waals surface area (Å²) in [7, 11) is 0. The van der Waals surface area contributed by atoms with Crippen LogP contribution in [-0.4, -0.2) is 42.5 Å². The van der Waals surface area contributed by atoms with Crippen LogP contribution in [-0.2, 0) is 19.4 Å². The molecule has 4 aromatic heterocycles. The molecule has 174 valence electrons. The average Bonchev–Trinajstić information content (AvgIpc) is 3.41. The molecular weight excluding hydrogens is 451 g/mol. The smallest absolute Gasteiger partial charge is 0.157 e. The molecule has 0 radical (unpaired) electrons. The summed E-state index contributed by atoms with van der Waals surface area (Å²) in [4.78, 5) is 26.3. The molecule has 0 spiro atoms. The fourth-order valence-electron chi connectivity index (χ4n) is 3.81. The highest BCUT2D eigenvalue weighted by atomic mass is 32.1. The first kappa shape index (κ1) is 22.3. The monoisotopic (exact) mass is 476 g/mol. The third kappa shape index (κ3) is 5.02. The first-order valence-corrected chi connectivity index (χ1v) is 12.0. The number of rotatable bonds is 9. The lowest BCUT2D eigenvalue weighted by molar-refractivity contribution is 0.539. The summed E-state index contributed by atoms with van der Waals surface area (Å²) in [5.74, 6) is 1.21. The van der Waals surface area contributed by atoms with E-state index in [4.69, 9.17) is 4.98 Å². The number of halogens is 1. The molecule has 0 aliphatic heterocycles. The van der Waals surface area contributed by atoms with Gasteiger partial charge in [0.05, 0.1) is 28.3 Å². The number of hydrogen-bond acceptors (Lipinski definition) is 8. The molecule has 3 N–H and O–H groups in total. The molecule has 4 heterocycles. The van der Waals surface area contributed by atoms with Crippen molar-refractivity contribution >= 4 is 38.5 Å². The van der Waals surface area contributed by atoms with Gasteiger partial charge in [-0.15, -0.1) is 0 Å². The molecule has 34 heavy (non-hydrogen) atoms. The van der Waals surface area contributed by atoms with Crippen molar-refractivity contribution in [1.82, 2.24) is 35.2 Å². The number of pyridine rings is 1. The largest absolute Gasteiger partial charge is 0.362 e. The quantitative estimate of drug-likeness (QED) is 0.293. The normalized spacial score (nSPS) is 12.4. The van der Waals surface area contributed by atoms with Crippen molar-refractivity contribution < 1.29 is 4.39 Å². The summed E-state index contributed by atoms with van der Waals surface area (Å²) in [6, 6.07) is 9.48. The lowest BCUT2D eigenvalue weighted by Gasteiger charge is -2.11. The summed E-state index contributed by atoms with van der Waals surface area (Å²) in [6.07, 6.45) is 4.66. The van der Waals surface area contributed by atoms with E-state index in [0.29, 0.717) is 17.0 Å². The highest BCUT2D eigenvalue weighted by Gasteiger charge is 2.13. The van der Waals surface area contributed by atoms with E-state index in [1.165, 1.54) is 18.0 Å². The molecule has 0 fully saturated rings. The van der Waals surface area contributed by atoms with Crippen LogP contribution in [0, 0.1) is 12.7 Å². The lowest BCUT2D eigenvalue weighted by Crippen LogP contribution is -2.30. The van der Waals surface area contributed by atoms with Gasteiger partial charge in [0.15, 0.2) is 5.82 Å². The Kier molecular flexibility index (Phi) is 6.41. The molecule has 1 aromatic carbocycles. The molecule has 10 heteroatoms. The molecule has 1 atom stereocenters. The van der Waals surface area contributed by atoms with Crippen LogP contribution in [0.15, 0.2) is 42.9 Å². The van der Waals surface area contributed by atoms with Crippen molar-refractivity contribution in [2.24, 2.45) is 0 Å². The second kappa shape index (κ2) is 9.78. The predicted octanol–water partition coefficient (Wildman–Crippen LogP) is 4.18. The van der Waals surface area contributed by atoms with E-state index in [-0.39, 0.29) is 18.4 Å². The van der Waals surface area contributed by atoms with Gasteiger partial charge >= 0.3 is 0 Å². The maximum absolute atomic E-state index is 13.9. The highest BCUT2D eigenvalue weighted by molar-refractivity contribution is 7.18. The molecule has 5 rings (SSSR count). The van der Waals surface area contributed by atoms with Crippen molar-refractivity contribution in [3.63, 3.8) is 0 Å². The van der Waals surface area contributed by atoms with Gasteiger partial charge in [0.1, 0.15) is 28.3 Å². The van der Waals surface area contributed by atoms with E-state index >= 15 is 0 Å². The maximum Gasteiger partial charge on any atom is 0.157 e. The molecule has 0 aliphatic carbocycles. The van der Waals surface area contributed by atoms with Crippen molar-refractivity contribution in [2.75, 3.05) is 11.9 Å². The Balaban J connectivity index is 1.18. The number of thiazole rings is 1. The SMILES string of the molecule is Cc1ccc2nc(CC(C)NCCc3nc4c(NCc5ncccc5F)ncnc4s3)[nH]c2c1. The number of fused-ring (bicyclic) bond motifs is 2. The Labute approximate surface area is 200 Å². The van der Waals surface area contributed by atoms with Crippen molar-refractivity contribution in [1.29, 1.82) is 0 Å². The van der Waals surface area contributed by atoms with Crippen LogP contribution in [0.5, 0.6) is 0 Å². The van der Waals surface area contributed by atoms with Gasteiger partial charge in [0, 0.05) is 31.6 Å². The van der Waals surface area contributed by atoms with E-state index < -0.39 is 0 Å². The average molecular weight is 477 g/mol. The van der Waals surface area contributed by atoms with Crippen LogP contribution in [0.3, 0.4) is 0 Å². The van der Waals surface area contributed by atoms with Crippen LogP contribution in [0.4, 0.5) is 10.2 Å². The Hall–Kier alpha value is -3.50. The second-order valence-corrected chi connectivity index (χ2v) is 9.34. The molecular formula is C24H25FN8S. The molecule has 1 unspecified atom stereocenters. The van der Waals surface area contributed by atoms with E-state index in [1.54, 1.807) is 23.6 Å². The third-order valence-electron chi connectivity index (χ3n) is 5.52. The van der Waals surface area contributed by atoms with Gasteiger partial charge in [-0.05, 0) is 43.7 Å². The third-order valence-corrected chi connectivity index (χ3v) is 6.54. The Bertz CT molecular complexity index is 1430. The summed E-state index contributed by atoms with van der Waals surface area (Å²) in [5, 5.41) is 7.66. The van der Waals surface area contributed by atoms with E-state index in [0.717, 1.165) is 46.1 Å². The van der Waals surface area contributed by atoms with Gasteiger partial charge in [0.25, 0.3) is 0 Å². The van der Waals surface area contributed by atoms with Crippen LogP contribution < -0.4 is 10.6 Å². The number of anilines is 1. The zero-order valence-electron chi connectivity index (χ0n) is 19.0. The summed E-state index contributed by atoms with van der Waals surface area (Å²) < 4.78 is 13.9. The van der Waals surface area contributed by atoms with Gasteiger partial charge in [0.2, 0.25) is 0 Å². The second-order valence-electron chi connectivity index (χ2n) is 8.28. The number of nitrogens with zero attached hydrogens (tertiary/aromatic N) is 5. The Morgan fingerprint density at radius 2 is 2.06 bits per heavy atom. The number of imidazole rings is 1. The topological polar surface area (TPSA) is 104 Å². The van der Waals surface area contributed by atoms with Crippen LogP contribution in [0.1, 0.15) is 29.0 Å². The van der Waals surface area contributed by atoms with Gasteiger partial charge in [-0.1, -0.05) is 17.4 Å². The zero-order valence-corrected chi connectivity index (χ0v) is 19.8. The first-order valence-electron chi connectivity index (χ1n) is 11.2. The number of hydrogen-bond donors (Lipinski definition) is 3. The molecule has 0 bridgehead atoms. The Morgan fingerprint density at radius 3 is 2.94 bits per heavy atom. The van der Waals surface area contributed by atoms with Crippen LogP contribution in [0.2, 0.25) is 0 Å². The van der Waals surface area contributed by atoms with Crippen LogP contribution >= 0.6 is 11.3 Å². The lowest BCUT2D eigenvalue weighted by atomic mass is 10.2. The van der Waals surface area contributed by atoms with E-state index in [1.807, 2.05) is 0 Å². The van der Waals surface area contributed by atoms with Crippen LogP contribution in [0.25, 0.3) is 21.4 Å². The minimum Gasteiger partial charge on any atom is -0.362 e. The summed E-state index contributed by atoms with van der Waals surface area (Å²) in [6.45, 7) is 5.25. The van der Waals surface area contributed by atoms with Crippen molar-refractivity contribution in [3.05, 3.63) is 70.8 Å².